The molecule has 1 aromatic rings. The molecule has 0 unspecified atom stereocenters. The van der Waals surface area contributed by atoms with Crippen molar-refractivity contribution < 1.29 is 17.3 Å². The third kappa shape index (κ3) is 2.56. The van der Waals surface area contributed by atoms with Crippen LogP contribution in [0.25, 0.3) is 0 Å². The van der Waals surface area contributed by atoms with Gasteiger partial charge in [-0.3, -0.25) is 4.18 Å². The van der Waals surface area contributed by atoms with Gasteiger partial charge in [0.15, 0.2) is 0 Å². The molecular formula is C10H12O4S. The monoisotopic (exact) mass is 228 g/mol. The Balaban J connectivity index is 2.16. The van der Waals surface area contributed by atoms with Crippen LogP contribution in [-0.4, -0.2) is 27.7 Å². The molecule has 1 heterocycles. The molecule has 5 heteroatoms. The largest absolute Gasteiger partial charge is 0.371 e. The van der Waals surface area contributed by atoms with Gasteiger partial charge < -0.3 is 4.74 Å². The Kier molecular flexibility index (Phi) is 2.77. The summed E-state index contributed by atoms with van der Waals surface area (Å²) in [5, 5.41) is 0. The van der Waals surface area contributed by atoms with Crippen LogP contribution in [0.2, 0.25) is 0 Å². The fourth-order valence-corrected chi connectivity index (χ4v) is 2.40. The number of ether oxygens (including phenoxy) is 1. The number of hydrogen-bond acceptors (Lipinski definition) is 4. The summed E-state index contributed by atoms with van der Waals surface area (Å²) in [7, 11) is -3.63. The molecule has 0 saturated carbocycles. The molecule has 0 bridgehead atoms. The summed E-state index contributed by atoms with van der Waals surface area (Å²) in [6, 6.07) is 6.75. The molecule has 1 saturated heterocycles. The van der Waals surface area contributed by atoms with Crippen molar-refractivity contribution in [1.29, 1.82) is 0 Å². The maximum atomic E-state index is 11.7. The topological polar surface area (TPSA) is 55.9 Å². The molecule has 1 aromatic carbocycles. The van der Waals surface area contributed by atoms with Gasteiger partial charge in [-0.15, -0.1) is 0 Å². The Hall–Kier alpha value is -0.910. The van der Waals surface area contributed by atoms with E-state index in [1.807, 2.05) is 0 Å². The summed E-state index contributed by atoms with van der Waals surface area (Å²) in [6.07, 6.45) is -0.0520. The summed E-state index contributed by atoms with van der Waals surface area (Å²) < 4.78 is 33.2. The normalized spacial score (nSPS) is 20.2. The summed E-state index contributed by atoms with van der Waals surface area (Å²) in [4.78, 5) is 0.227. The first-order valence-electron chi connectivity index (χ1n) is 4.66. The molecule has 1 fully saturated rings. The Labute approximate surface area is 88.9 Å². The van der Waals surface area contributed by atoms with Crippen molar-refractivity contribution in [3.63, 3.8) is 0 Å². The lowest BCUT2D eigenvalue weighted by Gasteiger charge is -2.06. The molecule has 0 aromatic heterocycles. The molecule has 0 amide bonds. The lowest BCUT2D eigenvalue weighted by Crippen LogP contribution is -2.11. The smallest absolute Gasteiger partial charge is 0.297 e. The molecule has 0 radical (unpaired) electrons. The fraction of sp³-hybridized carbons (Fsp3) is 0.400. The first-order chi connectivity index (χ1) is 7.09. The number of aryl methyl sites for hydroxylation is 1. The van der Waals surface area contributed by atoms with Crippen LogP contribution in [0, 0.1) is 6.92 Å². The Morgan fingerprint density at radius 3 is 2.73 bits per heavy atom. The maximum absolute atomic E-state index is 11.7. The van der Waals surface area contributed by atoms with E-state index in [9.17, 15) is 8.42 Å². The van der Waals surface area contributed by atoms with Gasteiger partial charge >= 0.3 is 0 Å². The second-order valence-electron chi connectivity index (χ2n) is 3.46. The zero-order chi connectivity index (χ0) is 10.9. The minimum atomic E-state index is -3.63. The van der Waals surface area contributed by atoms with E-state index in [4.69, 9.17) is 8.92 Å². The van der Waals surface area contributed by atoms with Gasteiger partial charge in [-0.05, 0) is 18.6 Å². The highest BCUT2D eigenvalue weighted by molar-refractivity contribution is 7.86. The molecule has 82 valence electrons. The van der Waals surface area contributed by atoms with Crippen LogP contribution in [0.1, 0.15) is 5.56 Å². The maximum Gasteiger partial charge on any atom is 0.297 e. The van der Waals surface area contributed by atoms with E-state index < -0.39 is 10.1 Å². The first-order valence-corrected chi connectivity index (χ1v) is 6.07. The van der Waals surface area contributed by atoms with Gasteiger partial charge in [-0.1, -0.05) is 18.2 Å². The molecule has 0 spiro atoms. The van der Waals surface area contributed by atoms with Gasteiger partial charge in [0.1, 0.15) is 6.10 Å². The average Bonchev–Trinajstić information content (AvgIpc) is 2.99. The third-order valence-corrected chi connectivity index (χ3v) is 3.62. The molecular weight excluding hydrogens is 216 g/mol. The quantitative estimate of drug-likeness (QED) is 0.572. The van der Waals surface area contributed by atoms with Crippen LogP contribution >= 0.6 is 0 Å². The van der Waals surface area contributed by atoms with E-state index in [2.05, 4.69) is 0 Å². The van der Waals surface area contributed by atoms with Gasteiger partial charge in [0.05, 0.1) is 18.1 Å². The molecule has 1 aliphatic rings. The van der Waals surface area contributed by atoms with Crippen molar-refractivity contribution in [1.82, 2.24) is 0 Å². The Bertz CT molecular complexity index is 448. The van der Waals surface area contributed by atoms with Gasteiger partial charge in [0.2, 0.25) is 0 Å². The first kappa shape index (κ1) is 10.6. The highest BCUT2D eigenvalue weighted by Gasteiger charge is 2.27. The van der Waals surface area contributed by atoms with Gasteiger partial charge in [-0.25, -0.2) is 0 Å². The average molecular weight is 228 g/mol. The molecule has 0 aliphatic carbocycles. The van der Waals surface area contributed by atoms with Crippen LogP contribution < -0.4 is 0 Å². The van der Waals surface area contributed by atoms with E-state index in [0.29, 0.717) is 12.2 Å². The highest BCUT2D eigenvalue weighted by atomic mass is 32.2. The summed E-state index contributed by atoms with van der Waals surface area (Å²) in [5.41, 5.74) is 0.689. The van der Waals surface area contributed by atoms with Gasteiger partial charge in [0.25, 0.3) is 10.1 Å². The predicted molar refractivity (Wildman–Crippen MR) is 54.1 cm³/mol. The molecule has 2 rings (SSSR count). The van der Waals surface area contributed by atoms with Crippen molar-refractivity contribution in [2.45, 2.75) is 17.9 Å². The highest BCUT2D eigenvalue weighted by Crippen LogP contribution is 2.19. The van der Waals surface area contributed by atoms with Crippen LogP contribution in [0.4, 0.5) is 0 Å². The fourth-order valence-electron chi connectivity index (χ4n) is 1.23. The Morgan fingerprint density at radius 1 is 1.47 bits per heavy atom. The molecule has 0 N–H and O–H groups in total. The second-order valence-corrected chi connectivity index (χ2v) is 5.04. The standard InChI is InChI=1S/C10H12O4S/c1-8-4-2-3-5-10(8)15(11,12)14-7-9-6-13-9/h2-5,9H,6-7H2,1H3/t9-/m1/s1. The molecule has 4 nitrogen and oxygen atoms in total. The van der Waals surface area contributed by atoms with E-state index in [0.717, 1.165) is 0 Å². The van der Waals surface area contributed by atoms with Crippen molar-refractivity contribution in [3.8, 4) is 0 Å². The van der Waals surface area contributed by atoms with Crippen molar-refractivity contribution >= 4 is 10.1 Å². The van der Waals surface area contributed by atoms with E-state index in [1.165, 1.54) is 0 Å². The van der Waals surface area contributed by atoms with E-state index >= 15 is 0 Å². The zero-order valence-electron chi connectivity index (χ0n) is 8.34. The van der Waals surface area contributed by atoms with Gasteiger partial charge in [0, 0.05) is 0 Å². The number of hydrogen-bond donors (Lipinski definition) is 0. The van der Waals surface area contributed by atoms with Crippen LogP contribution in [-0.2, 0) is 19.0 Å². The van der Waals surface area contributed by atoms with Crippen LogP contribution in [0.5, 0.6) is 0 Å². The SMILES string of the molecule is Cc1ccccc1S(=O)(=O)OC[C@H]1CO1. The van der Waals surface area contributed by atoms with Crippen molar-refractivity contribution in [2.24, 2.45) is 0 Å². The van der Waals surface area contributed by atoms with E-state index in [1.54, 1.807) is 31.2 Å². The summed E-state index contributed by atoms with van der Waals surface area (Å²) in [6.45, 7) is 2.43. The third-order valence-electron chi connectivity index (χ3n) is 2.17. The predicted octanol–water partition coefficient (Wildman–Crippen LogP) is 1.10. The number of rotatable bonds is 4. The second kappa shape index (κ2) is 3.92. The molecule has 1 aliphatic heterocycles. The molecule has 15 heavy (non-hydrogen) atoms. The minimum Gasteiger partial charge on any atom is -0.371 e. The van der Waals surface area contributed by atoms with Crippen molar-refractivity contribution in [2.75, 3.05) is 13.2 Å². The lowest BCUT2D eigenvalue weighted by atomic mass is 10.2. The number of benzene rings is 1. The lowest BCUT2D eigenvalue weighted by molar-refractivity contribution is 0.266. The van der Waals surface area contributed by atoms with Crippen LogP contribution in [0.15, 0.2) is 29.2 Å². The summed E-state index contributed by atoms with van der Waals surface area (Å²) >= 11 is 0. The molecule has 1 atom stereocenters. The zero-order valence-corrected chi connectivity index (χ0v) is 9.16. The Morgan fingerprint density at radius 2 is 2.13 bits per heavy atom. The van der Waals surface area contributed by atoms with Crippen LogP contribution in [0.3, 0.4) is 0 Å². The van der Waals surface area contributed by atoms with E-state index in [-0.39, 0.29) is 17.6 Å². The minimum absolute atomic E-state index is 0.0520. The van der Waals surface area contributed by atoms with Crippen molar-refractivity contribution in [3.05, 3.63) is 29.8 Å². The summed E-state index contributed by atoms with van der Waals surface area (Å²) in [5.74, 6) is 0. The van der Waals surface area contributed by atoms with Gasteiger partial charge in [-0.2, -0.15) is 8.42 Å². The number of epoxide rings is 1.